The van der Waals surface area contributed by atoms with Crippen LogP contribution in [-0.2, 0) is 27.9 Å². The Labute approximate surface area is 119 Å². The number of ketones is 1. The van der Waals surface area contributed by atoms with Crippen molar-refractivity contribution in [3.05, 3.63) is 0 Å². The molecule has 1 rings (SSSR count). The maximum absolute atomic E-state index is 12.4. The van der Waals surface area contributed by atoms with Gasteiger partial charge in [0.2, 0.25) is 0 Å². The molecular weight excluding hydrogens is 283 g/mol. The summed E-state index contributed by atoms with van der Waals surface area (Å²) in [6.45, 7) is 5.33. The van der Waals surface area contributed by atoms with Gasteiger partial charge in [-0.05, 0) is 33.1 Å². The van der Waals surface area contributed by atoms with E-state index >= 15 is 0 Å². The van der Waals surface area contributed by atoms with Gasteiger partial charge in [0.05, 0.1) is 0 Å². The molecular formula is C13H23O6P. The van der Waals surface area contributed by atoms with Crippen LogP contribution in [0.15, 0.2) is 0 Å². The Balaban J connectivity index is 2.82. The molecule has 1 aliphatic rings. The fourth-order valence-corrected chi connectivity index (χ4v) is 4.30. The van der Waals surface area contributed by atoms with E-state index in [0.29, 0.717) is 6.42 Å². The number of ether oxygens (including phenoxy) is 1. The van der Waals surface area contributed by atoms with Gasteiger partial charge >= 0.3 is 13.6 Å². The smallest absolute Gasteiger partial charge is 0.340 e. The van der Waals surface area contributed by atoms with Gasteiger partial charge in [-0.15, -0.1) is 0 Å². The highest BCUT2D eigenvalue weighted by molar-refractivity contribution is 7.55. The van der Waals surface area contributed by atoms with Crippen LogP contribution in [0.25, 0.3) is 0 Å². The maximum atomic E-state index is 12.4. The highest BCUT2D eigenvalue weighted by atomic mass is 31.2. The van der Waals surface area contributed by atoms with Gasteiger partial charge in [0, 0.05) is 27.1 Å². The number of carbonyl (C=O) groups excluding carboxylic acids is 2. The molecule has 0 N–H and O–H groups in total. The van der Waals surface area contributed by atoms with Crippen LogP contribution in [0.5, 0.6) is 0 Å². The van der Waals surface area contributed by atoms with E-state index in [1.54, 1.807) is 20.8 Å². The maximum Gasteiger partial charge on any atom is 0.340 e. The average Bonchev–Trinajstić information content (AvgIpc) is 2.67. The summed E-state index contributed by atoms with van der Waals surface area (Å²) in [5, 5.41) is 0. The van der Waals surface area contributed by atoms with Gasteiger partial charge in [-0.3, -0.25) is 14.2 Å². The second kappa shape index (κ2) is 6.37. The zero-order valence-electron chi connectivity index (χ0n) is 12.7. The van der Waals surface area contributed by atoms with Gasteiger partial charge in [0.1, 0.15) is 17.0 Å². The summed E-state index contributed by atoms with van der Waals surface area (Å²) in [6, 6.07) is 0. The molecule has 0 bridgehead atoms. The summed E-state index contributed by atoms with van der Waals surface area (Å²) in [4.78, 5) is 23.8. The molecule has 0 spiro atoms. The molecule has 1 aliphatic carbocycles. The quantitative estimate of drug-likeness (QED) is 0.573. The van der Waals surface area contributed by atoms with Crippen LogP contribution in [-0.4, -0.2) is 37.2 Å². The summed E-state index contributed by atoms with van der Waals surface area (Å²) in [7, 11) is -1.00. The van der Waals surface area contributed by atoms with Crippen LogP contribution in [0.4, 0.5) is 0 Å². The minimum absolute atomic E-state index is 0.0460. The van der Waals surface area contributed by atoms with Crippen molar-refractivity contribution >= 4 is 19.3 Å². The molecule has 0 amide bonds. The third-order valence-electron chi connectivity index (χ3n) is 3.24. The molecule has 2 atom stereocenters. The normalized spacial score (nSPS) is 23.9. The Morgan fingerprint density at radius 3 is 2.30 bits per heavy atom. The highest BCUT2D eigenvalue weighted by Crippen LogP contribution is 2.58. The van der Waals surface area contributed by atoms with E-state index < -0.39 is 24.8 Å². The van der Waals surface area contributed by atoms with Crippen molar-refractivity contribution in [3.63, 3.8) is 0 Å². The Morgan fingerprint density at radius 1 is 1.30 bits per heavy atom. The SMILES string of the molecule is COP(=O)(OC)C1C(=O)CCC1CC(=O)OC(C)(C)C. The number of esters is 1. The number of Topliss-reactive ketones (excluding diaryl/α,β-unsaturated/α-hetero) is 1. The van der Waals surface area contributed by atoms with Crippen LogP contribution in [0, 0.1) is 5.92 Å². The minimum atomic E-state index is -3.51. The second-order valence-electron chi connectivity index (χ2n) is 5.91. The van der Waals surface area contributed by atoms with Crippen molar-refractivity contribution in [1.82, 2.24) is 0 Å². The second-order valence-corrected chi connectivity index (χ2v) is 8.27. The molecule has 0 aromatic carbocycles. The summed E-state index contributed by atoms with van der Waals surface area (Å²) >= 11 is 0. The van der Waals surface area contributed by atoms with Crippen molar-refractivity contribution < 1.29 is 27.9 Å². The van der Waals surface area contributed by atoms with Crippen molar-refractivity contribution in [1.29, 1.82) is 0 Å². The van der Waals surface area contributed by atoms with Crippen LogP contribution in [0.2, 0.25) is 0 Å². The Kier molecular flexibility index (Phi) is 5.53. The molecule has 1 saturated carbocycles. The lowest BCUT2D eigenvalue weighted by Crippen LogP contribution is -2.29. The van der Waals surface area contributed by atoms with E-state index in [0.717, 1.165) is 0 Å². The van der Waals surface area contributed by atoms with Crippen LogP contribution in [0.1, 0.15) is 40.0 Å². The van der Waals surface area contributed by atoms with E-state index in [4.69, 9.17) is 13.8 Å². The molecule has 0 aromatic heterocycles. The van der Waals surface area contributed by atoms with Gasteiger partial charge in [-0.2, -0.15) is 0 Å². The van der Waals surface area contributed by atoms with E-state index in [1.807, 2.05) is 0 Å². The van der Waals surface area contributed by atoms with Crippen LogP contribution < -0.4 is 0 Å². The topological polar surface area (TPSA) is 78.9 Å². The van der Waals surface area contributed by atoms with E-state index in [-0.39, 0.29) is 24.5 Å². The third kappa shape index (κ3) is 4.14. The molecule has 20 heavy (non-hydrogen) atoms. The predicted molar refractivity (Wildman–Crippen MR) is 73.6 cm³/mol. The molecule has 0 aromatic rings. The summed E-state index contributed by atoms with van der Waals surface area (Å²) in [5.74, 6) is -0.936. The van der Waals surface area contributed by atoms with Crippen LogP contribution in [0.3, 0.4) is 0 Å². The van der Waals surface area contributed by atoms with Crippen LogP contribution >= 0.6 is 7.60 Å². The fourth-order valence-electron chi connectivity index (χ4n) is 2.44. The van der Waals surface area contributed by atoms with Gasteiger partial charge in [0.25, 0.3) is 0 Å². The van der Waals surface area contributed by atoms with Gasteiger partial charge in [0.15, 0.2) is 0 Å². The first-order chi connectivity index (χ1) is 9.13. The van der Waals surface area contributed by atoms with Gasteiger partial charge < -0.3 is 13.8 Å². The van der Waals surface area contributed by atoms with Crippen molar-refractivity contribution in [3.8, 4) is 0 Å². The Hall–Kier alpha value is -0.710. The molecule has 6 nitrogen and oxygen atoms in total. The Morgan fingerprint density at radius 2 is 1.85 bits per heavy atom. The summed E-state index contributed by atoms with van der Waals surface area (Å²) in [6.07, 6.45) is 0.832. The summed E-state index contributed by atoms with van der Waals surface area (Å²) < 4.78 is 27.5. The molecule has 1 fully saturated rings. The molecule has 0 aliphatic heterocycles. The van der Waals surface area contributed by atoms with Gasteiger partial charge in [-0.25, -0.2) is 0 Å². The van der Waals surface area contributed by atoms with Gasteiger partial charge in [-0.1, -0.05) is 0 Å². The lowest BCUT2D eigenvalue weighted by molar-refractivity contribution is -0.155. The number of rotatable bonds is 5. The predicted octanol–water partition coefficient (Wildman–Crippen LogP) is 2.55. The molecule has 0 radical (unpaired) electrons. The first-order valence-electron chi connectivity index (χ1n) is 6.58. The molecule has 2 unspecified atom stereocenters. The first-order valence-corrected chi connectivity index (χ1v) is 8.20. The highest BCUT2D eigenvalue weighted by Gasteiger charge is 2.49. The number of hydrogen-bond acceptors (Lipinski definition) is 6. The monoisotopic (exact) mass is 306 g/mol. The fraction of sp³-hybridized carbons (Fsp3) is 0.846. The van der Waals surface area contributed by atoms with E-state index in [9.17, 15) is 14.2 Å². The van der Waals surface area contributed by atoms with Crippen molar-refractivity contribution in [2.24, 2.45) is 5.92 Å². The summed E-state index contributed by atoms with van der Waals surface area (Å²) in [5.41, 5.74) is -1.45. The third-order valence-corrected chi connectivity index (χ3v) is 5.65. The molecule has 116 valence electrons. The molecule has 0 saturated heterocycles. The molecule has 7 heteroatoms. The first kappa shape index (κ1) is 17.3. The van der Waals surface area contributed by atoms with Crippen molar-refractivity contribution in [2.45, 2.75) is 51.3 Å². The standard InChI is InChI=1S/C13H23O6P/c1-13(2,3)19-11(15)8-9-6-7-10(14)12(9)20(16,17-4)18-5/h9,12H,6-8H2,1-5H3. The van der Waals surface area contributed by atoms with E-state index in [1.165, 1.54) is 14.2 Å². The minimum Gasteiger partial charge on any atom is -0.460 e. The van der Waals surface area contributed by atoms with Crippen molar-refractivity contribution in [2.75, 3.05) is 14.2 Å². The zero-order chi connectivity index (χ0) is 15.6. The average molecular weight is 306 g/mol. The van der Waals surface area contributed by atoms with E-state index in [2.05, 4.69) is 0 Å². The zero-order valence-corrected chi connectivity index (χ0v) is 13.6. The number of carbonyl (C=O) groups is 2. The molecule has 0 heterocycles. The number of hydrogen-bond donors (Lipinski definition) is 0. The Bertz CT molecular complexity index is 417. The lowest BCUT2D eigenvalue weighted by atomic mass is 10.0. The largest absolute Gasteiger partial charge is 0.460 e. The lowest BCUT2D eigenvalue weighted by Gasteiger charge is -2.25.